The third kappa shape index (κ3) is 4.77. The van der Waals surface area contributed by atoms with Crippen LogP contribution in [-0.2, 0) is 5.41 Å². The second kappa shape index (κ2) is 11.3. The maximum atomic E-state index is 5.24. The van der Waals surface area contributed by atoms with Gasteiger partial charge in [0.2, 0.25) is 0 Å². The number of nitrogens with zero attached hydrogens (tertiary/aromatic N) is 3. The van der Waals surface area contributed by atoms with Crippen LogP contribution in [-0.4, -0.2) is 15.0 Å². The summed E-state index contributed by atoms with van der Waals surface area (Å²) in [6.07, 6.45) is 3.74. The Morgan fingerprint density at radius 3 is 1.90 bits per heavy atom. The largest absolute Gasteiger partial charge is 0.264 e. The Balaban J connectivity index is 1.14. The van der Waals surface area contributed by atoms with Crippen LogP contribution in [0.15, 0.2) is 164 Å². The summed E-state index contributed by atoms with van der Waals surface area (Å²) in [6, 6.07) is 54.6. The molecule has 0 atom stereocenters. The van der Waals surface area contributed by atoms with Crippen LogP contribution >= 0.6 is 0 Å². The smallest absolute Gasteiger partial charge is 0.161 e. The van der Waals surface area contributed by atoms with Crippen LogP contribution in [0, 0.1) is 0 Å². The molecule has 3 nitrogen and oxygen atoms in total. The molecular weight excluding hydrogens is 619 g/mol. The zero-order valence-electron chi connectivity index (χ0n) is 28.4. The zero-order valence-corrected chi connectivity index (χ0v) is 28.4. The van der Waals surface area contributed by atoms with Gasteiger partial charge >= 0.3 is 0 Å². The lowest BCUT2D eigenvalue weighted by Crippen LogP contribution is -2.14. The molecule has 0 saturated heterocycles. The van der Waals surface area contributed by atoms with Crippen LogP contribution in [0.2, 0.25) is 0 Å². The Labute approximate surface area is 297 Å². The molecule has 0 amide bonds. The van der Waals surface area contributed by atoms with E-state index in [1.807, 2.05) is 24.5 Å². The number of pyridine rings is 1. The monoisotopic (exact) mass is 651 g/mol. The number of hydrogen-bond acceptors (Lipinski definition) is 3. The summed E-state index contributed by atoms with van der Waals surface area (Å²) < 4.78 is 0. The molecule has 240 valence electrons. The molecule has 7 aromatic carbocycles. The van der Waals surface area contributed by atoms with Gasteiger partial charge in [-0.3, -0.25) is 4.98 Å². The van der Waals surface area contributed by atoms with Gasteiger partial charge in [-0.2, -0.15) is 0 Å². The summed E-state index contributed by atoms with van der Waals surface area (Å²) in [6.45, 7) is 4.70. The SMILES string of the molecule is CC1(C)c2ccc(-c3ccc(-c4nc(-c5ccccc5)cc(-c5ccc6ccncc6c5)n4)c4ccccc34)cc2-c2cc3ccccc3cc21. The minimum absolute atomic E-state index is 0.0699. The summed E-state index contributed by atoms with van der Waals surface area (Å²) in [7, 11) is 0. The van der Waals surface area contributed by atoms with E-state index in [9.17, 15) is 0 Å². The van der Waals surface area contributed by atoms with Gasteiger partial charge < -0.3 is 0 Å². The maximum absolute atomic E-state index is 5.24. The van der Waals surface area contributed by atoms with E-state index in [1.165, 1.54) is 49.5 Å². The summed E-state index contributed by atoms with van der Waals surface area (Å²) in [5.74, 6) is 0.705. The van der Waals surface area contributed by atoms with Crippen LogP contribution in [0.3, 0.4) is 0 Å². The normalized spacial score (nSPS) is 13.1. The summed E-state index contributed by atoms with van der Waals surface area (Å²) in [5.41, 5.74) is 12.6. The fourth-order valence-corrected chi connectivity index (χ4v) is 8.07. The van der Waals surface area contributed by atoms with Gasteiger partial charge in [0.25, 0.3) is 0 Å². The highest BCUT2D eigenvalue weighted by Gasteiger charge is 2.36. The second-order valence-electron chi connectivity index (χ2n) is 14.1. The van der Waals surface area contributed by atoms with Gasteiger partial charge in [0, 0.05) is 39.9 Å². The fraction of sp³-hybridized carbons (Fsp3) is 0.0625. The predicted octanol–water partition coefficient (Wildman–Crippen LogP) is 12.3. The van der Waals surface area contributed by atoms with Gasteiger partial charge in [-0.05, 0) is 103 Å². The van der Waals surface area contributed by atoms with E-state index in [1.54, 1.807) is 0 Å². The molecule has 9 aromatic rings. The van der Waals surface area contributed by atoms with Gasteiger partial charge in [0.15, 0.2) is 5.82 Å². The van der Waals surface area contributed by atoms with Crippen molar-refractivity contribution in [1.29, 1.82) is 0 Å². The van der Waals surface area contributed by atoms with E-state index in [0.29, 0.717) is 5.82 Å². The van der Waals surface area contributed by atoms with Crippen molar-refractivity contribution in [3.63, 3.8) is 0 Å². The average molecular weight is 652 g/mol. The summed E-state index contributed by atoms with van der Waals surface area (Å²) in [4.78, 5) is 14.8. The second-order valence-corrected chi connectivity index (χ2v) is 14.1. The topological polar surface area (TPSA) is 38.7 Å². The lowest BCUT2D eigenvalue weighted by molar-refractivity contribution is 0.661. The van der Waals surface area contributed by atoms with E-state index >= 15 is 0 Å². The van der Waals surface area contributed by atoms with Crippen molar-refractivity contribution >= 4 is 32.3 Å². The van der Waals surface area contributed by atoms with E-state index in [-0.39, 0.29) is 5.41 Å². The molecule has 1 aliphatic rings. The standard InChI is InChI=1S/C48H33N3/c1-48(2)43-21-18-34(26-41(43)42-25-32-12-6-7-13-33(32)27-44(42)48)37-19-20-40(39-15-9-8-14-38(37)39)47-50-45(31-10-4-3-5-11-31)28-46(51-47)35-17-16-30-22-23-49-29-36(30)24-35/h3-29H,1-2H3. The quantitative estimate of drug-likeness (QED) is 0.190. The Morgan fingerprint density at radius 2 is 1.08 bits per heavy atom. The molecule has 10 rings (SSSR count). The third-order valence-corrected chi connectivity index (χ3v) is 10.8. The average Bonchev–Trinajstić information content (AvgIpc) is 3.41. The van der Waals surface area contributed by atoms with Crippen molar-refractivity contribution in [2.24, 2.45) is 0 Å². The number of rotatable bonds is 4. The molecule has 51 heavy (non-hydrogen) atoms. The highest BCUT2D eigenvalue weighted by molar-refractivity contribution is 6.05. The van der Waals surface area contributed by atoms with E-state index < -0.39 is 0 Å². The maximum Gasteiger partial charge on any atom is 0.161 e. The first-order valence-corrected chi connectivity index (χ1v) is 17.5. The number of aromatic nitrogens is 3. The van der Waals surface area contributed by atoms with Gasteiger partial charge in [-0.15, -0.1) is 0 Å². The van der Waals surface area contributed by atoms with Crippen LogP contribution < -0.4 is 0 Å². The molecule has 0 N–H and O–H groups in total. The first kappa shape index (κ1) is 29.5. The van der Waals surface area contributed by atoms with Gasteiger partial charge in [0.1, 0.15) is 0 Å². The molecule has 0 bridgehead atoms. The molecule has 0 saturated carbocycles. The van der Waals surface area contributed by atoms with Crippen molar-refractivity contribution in [2.45, 2.75) is 19.3 Å². The molecular formula is C48H33N3. The molecule has 2 aromatic heterocycles. The highest BCUT2D eigenvalue weighted by Crippen LogP contribution is 2.51. The van der Waals surface area contributed by atoms with Crippen molar-refractivity contribution < 1.29 is 0 Å². The summed E-state index contributed by atoms with van der Waals surface area (Å²) >= 11 is 0. The predicted molar refractivity (Wildman–Crippen MR) is 212 cm³/mol. The molecule has 0 unspecified atom stereocenters. The zero-order chi connectivity index (χ0) is 34.1. The van der Waals surface area contributed by atoms with Crippen LogP contribution in [0.5, 0.6) is 0 Å². The molecule has 3 heteroatoms. The lowest BCUT2D eigenvalue weighted by atomic mass is 9.81. The Morgan fingerprint density at radius 1 is 0.412 bits per heavy atom. The highest BCUT2D eigenvalue weighted by atomic mass is 14.9. The van der Waals surface area contributed by atoms with Crippen molar-refractivity contribution in [1.82, 2.24) is 15.0 Å². The first-order chi connectivity index (χ1) is 25.0. The first-order valence-electron chi connectivity index (χ1n) is 17.5. The Hall–Kier alpha value is -6.45. The van der Waals surface area contributed by atoms with Gasteiger partial charge in [-0.25, -0.2) is 9.97 Å². The molecule has 0 spiro atoms. The lowest BCUT2D eigenvalue weighted by Gasteiger charge is -2.22. The molecule has 0 fully saturated rings. The number of hydrogen-bond donors (Lipinski definition) is 0. The number of benzene rings is 7. The van der Waals surface area contributed by atoms with E-state index in [2.05, 4.69) is 158 Å². The van der Waals surface area contributed by atoms with Crippen LogP contribution in [0.1, 0.15) is 25.0 Å². The molecule has 0 aliphatic heterocycles. The molecule has 2 heterocycles. The molecule has 0 radical (unpaired) electrons. The van der Waals surface area contributed by atoms with Crippen LogP contribution in [0.4, 0.5) is 0 Å². The van der Waals surface area contributed by atoms with Gasteiger partial charge in [0.05, 0.1) is 11.4 Å². The van der Waals surface area contributed by atoms with Crippen LogP contribution in [0.25, 0.3) is 88.5 Å². The minimum Gasteiger partial charge on any atom is -0.264 e. The summed E-state index contributed by atoms with van der Waals surface area (Å²) in [5, 5.41) is 7.11. The fourth-order valence-electron chi connectivity index (χ4n) is 8.07. The van der Waals surface area contributed by atoms with Crippen molar-refractivity contribution in [3.05, 3.63) is 175 Å². The van der Waals surface area contributed by atoms with Crippen molar-refractivity contribution in [2.75, 3.05) is 0 Å². The van der Waals surface area contributed by atoms with Crippen molar-refractivity contribution in [3.8, 4) is 56.2 Å². The van der Waals surface area contributed by atoms with E-state index in [4.69, 9.17) is 9.97 Å². The Bertz CT molecular complexity index is 2830. The minimum atomic E-state index is -0.0699. The third-order valence-electron chi connectivity index (χ3n) is 10.8. The van der Waals surface area contributed by atoms with Gasteiger partial charge in [-0.1, -0.05) is 123 Å². The Kier molecular flexibility index (Phi) is 6.53. The molecule has 1 aliphatic carbocycles. The number of fused-ring (bicyclic) bond motifs is 6. The van der Waals surface area contributed by atoms with E-state index in [0.717, 1.165) is 44.2 Å².